The molecule has 1 atom stereocenters. The minimum Gasteiger partial charge on any atom is -0.444 e. The van der Waals surface area contributed by atoms with Crippen LogP contribution in [0, 0.1) is 5.82 Å². The highest BCUT2D eigenvalue weighted by atomic mass is 35.5. The number of rotatable bonds is 7. The third-order valence-electron chi connectivity index (χ3n) is 4.81. The van der Waals surface area contributed by atoms with Gasteiger partial charge in [0.2, 0.25) is 0 Å². The van der Waals surface area contributed by atoms with Crippen molar-refractivity contribution in [2.45, 2.75) is 57.9 Å². The van der Waals surface area contributed by atoms with Crippen LogP contribution < -0.4 is 10.6 Å². The van der Waals surface area contributed by atoms with Gasteiger partial charge in [-0.05, 0) is 70.5 Å². The fourth-order valence-corrected chi connectivity index (χ4v) is 3.30. The molecule has 0 saturated carbocycles. The highest BCUT2D eigenvalue weighted by molar-refractivity contribution is 6.31. The topological polar surface area (TPSA) is 83.5 Å². The van der Waals surface area contributed by atoms with E-state index in [1.807, 2.05) is 0 Å². The lowest BCUT2D eigenvalue weighted by Crippen LogP contribution is -2.44. The third kappa shape index (κ3) is 7.54. The number of aromatic nitrogens is 1. The van der Waals surface area contributed by atoms with Crippen LogP contribution in [0.2, 0.25) is 5.02 Å². The Kier molecular flexibility index (Phi) is 8.55. The highest BCUT2D eigenvalue weighted by Crippen LogP contribution is 2.37. The number of hydrogen-bond donors (Lipinski definition) is 3. The predicted molar refractivity (Wildman–Crippen MR) is 121 cm³/mol. The Balaban J connectivity index is 2.63. The van der Waals surface area contributed by atoms with Crippen LogP contribution in [0.1, 0.15) is 51.8 Å². The first-order chi connectivity index (χ1) is 15.5. The summed E-state index contributed by atoms with van der Waals surface area (Å²) in [6, 6.07) is 6.43. The van der Waals surface area contributed by atoms with Crippen molar-refractivity contribution in [2.24, 2.45) is 0 Å². The van der Waals surface area contributed by atoms with Crippen LogP contribution in [0.15, 0.2) is 30.3 Å². The molecular formula is C23H28ClF4N3O3. The van der Waals surface area contributed by atoms with Crippen molar-refractivity contribution in [3.63, 3.8) is 0 Å². The molecule has 2 rings (SSSR count). The van der Waals surface area contributed by atoms with Crippen LogP contribution in [0.4, 0.5) is 22.4 Å². The van der Waals surface area contributed by atoms with Gasteiger partial charge in [0.05, 0.1) is 28.7 Å². The van der Waals surface area contributed by atoms with Gasteiger partial charge in [0.25, 0.3) is 0 Å². The Labute approximate surface area is 200 Å². The molecule has 0 bridgehead atoms. The smallest absolute Gasteiger partial charge is 0.408 e. The molecule has 34 heavy (non-hydrogen) atoms. The van der Waals surface area contributed by atoms with Gasteiger partial charge in [-0.2, -0.15) is 13.2 Å². The van der Waals surface area contributed by atoms with Crippen molar-refractivity contribution >= 4 is 17.7 Å². The zero-order valence-electron chi connectivity index (χ0n) is 19.5. The molecule has 0 aliphatic rings. The van der Waals surface area contributed by atoms with Gasteiger partial charge in [0.15, 0.2) is 0 Å². The first-order valence-electron chi connectivity index (χ1n) is 10.4. The van der Waals surface area contributed by atoms with Gasteiger partial charge in [0.1, 0.15) is 17.3 Å². The van der Waals surface area contributed by atoms with E-state index >= 15 is 0 Å². The average Bonchev–Trinajstić information content (AvgIpc) is 2.67. The maximum Gasteiger partial charge on any atom is 0.408 e. The number of halogens is 5. The summed E-state index contributed by atoms with van der Waals surface area (Å²) in [5, 5.41) is 13.7. The van der Waals surface area contributed by atoms with Gasteiger partial charge in [-0.3, -0.25) is 10.3 Å². The predicted octanol–water partition coefficient (Wildman–Crippen LogP) is 5.49. The first kappa shape index (κ1) is 27.8. The number of carbonyl (C=O) groups is 1. The number of nitrogens with zero attached hydrogens (tertiary/aromatic N) is 1. The lowest BCUT2D eigenvalue weighted by molar-refractivity contribution is -0.150. The van der Waals surface area contributed by atoms with E-state index in [9.17, 15) is 22.4 Å². The maximum absolute atomic E-state index is 13.9. The van der Waals surface area contributed by atoms with Crippen molar-refractivity contribution in [1.29, 1.82) is 0 Å². The number of aliphatic hydroxyl groups excluding tert-OH is 1. The summed E-state index contributed by atoms with van der Waals surface area (Å²) in [5.41, 5.74) is -1.60. The summed E-state index contributed by atoms with van der Waals surface area (Å²) in [7, 11) is 0. The number of aliphatic hydroxyl groups is 1. The number of alkyl carbamates (subject to hydrolysis) is 1. The van der Waals surface area contributed by atoms with Crippen LogP contribution in [0.25, 0.3) is 11.3 Å². The van der Waals surface area contributed by atoms with Crippen LogP contribution in [0.5, 0.6) is 0 Å². The molecule has 1 aromatic heterocycles. The molecule has 0 aliphatic carbocycles. The molecule has 6 nitrogen and oxygen atoms in total. The lowest BCUT2D eigenvalue weighted by atomic mass is 9.90. The number of benzene rings is 1. The summed E-state index contributed by atoms with van der Waals surface area (Å²) in [4.78, 5) is 16.6. The molecule has 3 N–H and O–H groups in total. The summed E-state index contributed by atoms with van der Waals surface area (Å²) >= 11 is 5.87. The largest absolute Gasteiger partial charge is 0.444 e. The molecule has 0 fully saturated rings. The number of ether oxygens (including phenoxy) is 1. The second-order valence-electron chi connectivity index (χ2n) is 9.25. The monoisotopic (exact) mass is 505 g/mol. The third-order valence-corrected chi connectivity index (χ3v) is 5.10. The van der Waals surface area contributed by atoms with E-state index in [4.69, 9.17) is 21.4 Å². The fraction of sp³-hybridized carbons (Fsp3) is 0.478. The van der Waals surface area contributed by atoms with Gasteiger partial charge in [-0.1, -0.05) is 11.6 Å². The SMILES string of the molecule is CC(C)(C)OC(=O)NC(C)(C)c1cc(-c2ccc(F)c(Cl)c2)nc(C(CNCO)C(F)(F)F)c1. The normalized spacial score (nSPS) is 13.5. The van der Waals surface area contributed by atoms with E-state index in [-0.39, 0.29) is 16.4 Å². The van der Waals surface area contributed by atoms with E-state index in [0.717, 1.165) is 6.07 Å². The van der Waals surface area contributed by atoms with Gasteiger partial charge in [-0.25, -0.2) is 9.18 Å². The molecule has 188 valence electrons. The lowest BCUT2D eigenvalue weighted by Gasteiger charge is -2.30. The van der Waals surface area contributed by atoms with E-state index < -0.39 is 48.4 Å². The average molecular weight is 506 g/mol. The fourth-order valence-electron chi connectivity index (χ4n) is 3.12. The Morgan fingerprint density at radius 3 is 2.32 bits per heavy atom. The molecule has 0 spiro atoms. The quantitative estimate of drug-likeness (QED) is 0.342. The van der Waals surface area contributed by atoms with E-state index in [0.29, 0.717) is 11.1 Å². The molecule has 0 aliphatic heterocycles. The van der Waals surface area contributed by atoms with Gasteiger partial charge in [0, 0.05) is 12.1 Å². The molecule has 1 unspecified atom stereocenters. The summed E-state index contributed by atoms with van der Waals surface area (Å²) in [6.45, 7) is 6.98. The molecule has 1 aromatic carbocycles. The van der Waals surface area contributed by atoms with E-state index in [1.165, 1.54) is 24.3 Å². The van der Waals surface area contributed by atoms with Crippen molar-refractivity contribution in [2.75, 3.05) is 13.3 Å². The molecule has 0 saturated heterocycles. The maximum atomic E-state index is 13.9. The van der Waals surface area contributed by atoms with Crippen LogP contribution in [0.3, 0.4) is 0 Å². The van der Waals surface area contributed by atoms with Crippen molar-refractivity contribution in [1.82, 2.24) is 15.6 Å². The number of alkyl halides is 3. The second kappa shape index (κ2) is 10.5. The summed E-state index contributed by atoms with van der Waals surface area (Å²) in [6.07, 6.45) is -5.44. The molecule has 0 radical (unpaired) electrons. The molecule has 1 amide bonds. The molecule has 11 heteroatoms. The van der Waals surface area contributed by atoms with Crippen molar-refractivity contribution in [3.8, 4) is 11.3 Å². The molecule has 2 aromatic rings. The van der Waals surface area contributed by atoms with Crippen molar-refractivity contribution in [3.05, 3.63) is 52.4 Å². The minimum atomic E-state index is -4.69. The molecule has 1 heterocycles. The van der Waals surface area contributed by atoms with E-state index in [1.54, 1.807) is 34.6 Å². The standard InChI is InChI=1S/C23H28ClF4N3O3/c1-21(2,3)34-20(33)31-22(4,5)14-9-18(13-6-7-17(25)16(24)8-13)30-19(10-14)15(11-29-12-32)23(26,27)28/h6-10,15,29,32H,11-12H2,1-5H3,(H,31,33). The zero-order valence-corrected chi connectivity index (χ0v) is 20.2. The number of amides is 1. The first-order valence-corrected chi connectivity index (χ1v) is 10.8. The number of carbonyl (C=O) groups excluding carboxylic acids is 1. The second-order valence-corrected chi connectivity index (χ2v) is 9.66. The summed E-state index contributed by atoms with van der Waals surface area (Å²) in [5.74, 6) is -2.75. The van der Waals surface area contributed by atoms with Gasteiger partial charge in [-0.15, -0.1) is 0 Å². The van der Waals surface area contributed by atoms with Gasteiger partial charge < -0.3 is 15.2 Å². The highest BCUT2D eigenvalue weighted by Gasteiger charge is 2.42. The van der Waals surface area contributed by atoms with Crippen LogP contribution in [-0.2, 0) is 10.3 Å². The Bertz CT molecular complexity index is 1020. The Morgan fingerprint density at radius 2 is 1.79 bits per heavy atom. The van der Waals surface area contributed by atoms with Crippen molar-refractivity contribution < 1.29 is 32.2 Å². The summed E-state index contributed by atoms with van der Waals surface area (Å²) < 4.78 is 60.6. The van der Waals surface area contributed by atoms with E-state index in [2.05, 4.69) is 15.6 Å². The minimum absolute atomic E-state index is 0.103. The molecular weight excluding hydrogens is 478 g/mol. The van der Waals surface area contributed by atoms with Crippen LogP contribution in [-0.4, -0.2) is 41.2 Å². The van der Waals surface area contributed by atoms with Gasteiger partial charge >= 0.3 is 12.3 Å². The Hall–Kier alpha value is -2.43. The zero-order chi connectivity index (χ0) is 25.9. The Morgan fingerprint density at radius 1 is 1.15 bits per heavy atom. The number of pyridine rings is 1. The van der Waals surface area contributed by atoms with Crippen LogP contribution >= 0.6 is 11.6 Å². The number of nitrogens with one attached hydrogen (secondary N) is 2. The number of hydrogen-bond acceptors (Lipinski definition) is 5.